The van der Waals surface area contributed by atoms with E-state index in [1.807, 2.05) is 0 Å². The minimum atomic E-state index is -1.86. The van der Waals surface area contributed by atoms with Gasteiger partial charge in [-0.25, -0.2) is 0 Å². The lowest BCUT2D eigenvalue weighted by Crippen LogP contribution is -2.62. The first kappa shape index (κ1) is 30.3. The Hall–Kier alpha value is -4.65. The Morgan fingerprint density at radius 2 is 0.905 bits per heavy atom. The van der Waals surface area contributed by atoms with Gasteiger partial charge in [0.2, 0.25) is 0 Å². The van der Waals surface area contributed by atoms with Crippen LogP contribution >= 0.6 is 0 Å². The predicted octanol–water partition coefficient (Wildman–Crippen LogP) is 1.28. The van der Waals surface area contributed by atoms with Crippen LogP contribution in [0.1, 0.15) is 16.7 Å². The number of benzene rings is 3. The third-order valence-corrected chi connectivity index (χ3v) is 6.45. The molecule has 1 aliphatic heterocycles. The molecule has 1 saturated heterocycles. The van der Waals surface area contributed by atoms with Crippen LogP contribution in [0.3, 0.4) is 0 Å². The van der Waals surface area contributed by atoms with E-state index in [0.717, 1.165) is 0 Å². The molecule has 3 aromatic carbocycles. The summed E-state index contributed by atoms with van der Waals surface area (Å²) in [5.74, 6) is -2.50. The van der Waals surface area contributed by atoms with Gasteiger partial charge in [0.1, 0.15) is 23.4 Å². The summed E-state index contributed by atoms with van der Waals surface area (Å²) >= 11 is 0. The molecule has 3 aromatic rings. The molecule has 4 rings (SSSR count). The van der Waals surface area contributed by atoms with Gasteiger partial charge >= 0.3 is 17.9 Å². The van der Waals surface area contributed by atoms with Gasteiger partial charge in [-0.2, -0.15) is 0 Å². The molecular weight excluding hydrogens is 552 g/mol. The number of aliphatic hydroxyl groups is 2. The number of carbonyl (C=O) groups is 3. The van der Waals surface area contributed by atoms with E-state index in [9.17, 15) is 39.9 Å². The lowest BCUT2D eigenvalue weighted by molar-refractivity contribution is -0.296. The minimum absolute atomic E-state index is 0.000281. The molecule has 222 valence electrons. The van der Waals surface area contributed by atoms with Crippen LogP contribution in [0.4, 0.5) is 0 Å². The molecule has 0 saturated carbocycles. The molecule has 0 unspecified atom stereocenters. The topological polar surface area (TPSA) is 189 Å². The van der Waals surface area contributed by atoms with E-state index in [1.54, 1.807) is 0 Å². The van der Waals surface area contributed by atoms with Crippen LogP contribution in [0.25, 0.3) is 0 Å². The molecule has 0 aliphatic carbocycles. The normalized spacial score (nSPS) is 21.7. The number of aromatic hydroxyl groups is 3. The molecule has 1 fully saturated rings. The number of rotatable bonds is 10. The molecule has 0 amide bonds. The standard InChI is InChI=1S/C30H30O12/c31-16-23-27(40-24(35)13-17-1-7-20(32)8-2-17)28(41-25(36)14-18-3-9-21(33)10-4-18)29(30(38)39-23)42-26(37)15-19-5-11-22(34)12-6-19/h1-12,23,27-34,38H,13-16H2/t23-,27-,28+,29-,30-/m1/s1. The molecule has 5 N–H and O–H groups in total. The third-order valence-electron chi connectivity index (χ3n) is 6.45. The Morgan fingerprint density at radius 1 is 0.571 bits per heavy atom. The van der Waals surface area contributed by atoms with E-state index < -0.39 is 55.2 Å². The first-order valence-electron chi connectivity index (χ1n) is 13.0. The summed E-state index contributed by atoms with van der Waals surface area (Å²) in [6.07, 6.45) is -8.72. The molecular formula is C30H30O12. The molecule has 0 bridgehead atoms. The van der Waals surface area contributed by atoms with Crippen molar-refractivity contribution in [2.75, 3.05) is 6.61 Å². The molecule has 0 radical (unpaired) electrons. The average Bonchev–Trinajstić information content (AvgIpc) is 2.95. The molecule has 12 heteroatoms. The second-order valence-electron chi connectivity index (χ2n) is 9.64. The summed E-state index contributed by atoms with van der Waals surface area (Å²) < 4.78 is 22.1. The van der Waals surface area contributed by atoms with Crippen molar-refractivity contribution in [2.45, 2.75) is 50.0 Å². The summed E-state index contributed by atoms with van der Waals surface area (Å²) in [6.45, 7) is -0.742. The second kappa shape index (κ2) is 13.8. The Bertz CT molecular complexity index is 1350. The maximum atomic E-state index is 13.0. The van der Waals surface area contributed by atoms with Crippen molar-refractivity contribution in [1.29, 1.82) is 0 Å². The maximum absolute atomic E-state index is 13.0. The quantitative estimate of drug-likeness (QED) is 0.170. The fraction of sp³-hybridized carbons (Fsp3) is 0.300. The van der Waals surface area contributed by atoms with Crippen molar-refractivity contribution in [3.8, 4) is 17.2 Å². The largest absolute Gasteiger partial charge is 0.508 e. The van der Waals surface area contributed by atoms with Crippen LogP contribution in [-0.4, -0.2) is 80.8 Å². The Balaban J connectivity index is 1.56. The fourth-order valence-electron chi connectivity index (χ4n) is 4.37. The van der Waals surface area contributed by atoms with Gasteiger partial charge in [-0.1, -0.05) is 36.4 Å². The van der Waals surface area contributed by atoms with Crippen molar-refractivity contribution in [3.63, 3.8) is 0 Å². The number of phenols is 3. The van der Waals surface area contributed by atoms with Crippen molar-refractivity contribution in [2.24, 2.45) is 0 Å². The molecule has 5 atom stereocenters. The van der Waals surface area contributed by atoms with E-state index in [-0.39, 0.29) is 36.5 Å². The lowest BCUT2D eigenvalue weighted by Gasteiger charge is -2.42. The molecule has 0 spiro atoms. The van der Waals surface area contributed by atoms with E-state index in [2.05, 4.69) is 0 Å². The number of hydrogen-bond acceptors (Lipinski definition) is 12. The fourth-order valence-corrected chi connectivity index (χ4v) is 4.37. The van der Waals surface area contributed by atoms with Crippen molar-refractivity contribution >= 4 is 17.9 Å². The third kappa shape index (κ3) is 8.19. The highest BCUT2D eigenvalue weighted by molar-refractivity contribution is 5.75. The van der Waals surface area contributed by atoms with E-state index in [0.29, 0.717) is 16.7 Å². The van der Waals surface area contributed by atoms with E-state index in [1.165, 1.54) is 72.8 Å². The highest BCUT2D eigenvalue weighted by Crippen LogP contribution is 2.29. The van der Waals surface area contributed by atoms with Gasteiger partial charge in [-0.15, -0.1) is 0 Å². The summed E-state index contributed by atoms with van der Waals surface area (Å²) in [4.78, 5) is 38.7. The monoisotopic (exact) mass is 582 g/mol. The van der Waals surface area contributed by atoms with Gasteiger partial charge in [-0.3, -0.25) is 14.4 Å². The van der Waals surface area contributed by atoms with Crippen LogP contribution in [-0.2, 0) is 52.6 Å². The number of carbonyl (C=O) groups excluding carboxylic acids is 3. The van der Waals surface area contributed by atoms with Crippen LogP contribution in [0.5, 0.6) is 17.2 Å². The van der Waals surface area contributed by atoms with Crippen molar-refractivity contribution in [1.82, 2.24) is 0 Å². The minimum Gasteiger partial charge on any atom is -0.508 e. The summed E-state index contributed by atoms with van der Waals surface area (Å²) in [6, 6.07) is 17.3. The highest BCUT2D eigenvalue weighted by Gasteiger charge is 2.51. The maximum Gasteiger partial charge on any atom is 0.310 e. The lowest BCUT2D eigenvalue weighted by atomic mass is 9.98. The summed E-state index contributed by atoms with van der Waals surface area (Å²) in [5, 5.41) is 49.2. The first-order chi connectivity index (χ1) is 20.1. The first-order valence-corrected chi connectivity index (χ1v) is 13.0. The average molecular weight is 583 g/mol. The van der Waals surface area contributed by atoms with Gasteiger partial charge in [0.25, 0.3) is 0 Å². The van der Waals surface area contributed by atoms with Crippen LogP contribution < -0.4 is 0 Å². The van der Waals surface area contributed by atoms with Gasteiger partial charge in [0.05, 0.1) is 25.9 Å². The zero-order valence-corrected chi connectivity index (χ0v) is 22.2. The predicted molar refractivity (Wildman–Crippen MR) is 143 cm³/mol. The number of hydrogen-bond donors (Lipinski definition) is 5. The molecule has 1 aliphatic rings. The molecule has 1 heterocycles. The Labute approximate surface area is 240 Å². The zero-order chi connectivity index (χ0) is 30.2. The number of ether oxygens (including phenoxy) is 4. The van der Waals surface area contributed by atoms with Crippen LogP contribution in [0.15, 0.2) is 72.8 Å². The Kier molecular flexibility index (Phi) is 9.97. The van der Waals surface area contributed by atoms with Gasteiger partial charge < -0.3 is 44.5 Å². The van der Waals surface area contributed by atoms with E-state index in [4.69, 9.17) is 18.9 Å². The van der Waals surface area contributed by atoms with Gasteiger partial charge in [0, 0.05) is 0 Å². The zero-order valence-electron chi connectivity index (χ0n) is 22.2. The SMILES string of the molecule is O=C(Cc1ccc(O)cc1)O[C@@H]1[C@@H](OC(=O)Cc2ccc(O)cc2)[C@H](O)O[C@H](CO)[C@H]1OC(=O)Cc1ccc(O)cc1. The van der Waals surface area contributed by atoms with Crippen LogP contribution in [0.2, 0.25) is 0 Å². The van der Waals surface area contributed by atoms with Crippen LogP contribution in [0, 0.1) is 0 Å². The molecule has 12 nitrogen and oxygen atoms in total. The molecule has 42 heavy (non-hydrogen) atoms. The number of phenolic OH excluding ortho intramolecular Hbond substituents is 3. The van der Waals surface area contributed by atoms with Gasteiger partial charge in [-0.05, 0) is 53.1 Å². The number of aliphatic hydroxyl groups excluding tert-OH is 2. The smallest absolute Gasteiger partial charge is 0.310 e. The van der Waals surface area contributed by atoms with Crippen molar-refractivity contribution in [3.05, 3.63) is 89.5 Å². The second-order valence-corrected chi connectivity index (χ2v) is 9.64. The van der Waals surface area contributed by atoms with Crippen molar-refractivity contribution < 1.29 is 58.9 Å². The summed E-state index contributed by atoms with van der Waals surface area (Å²) in [7, 11) is 0. The van der Waals surface area contributed by atoms with Gasteiger partial charge in [0.15, 0.2) is 24.6 Å². The Morgan fingerprint density at radius 3 is 1.26 bits per heavy atom. The summed E-state index contributed by atoms with van der Waals surface area (Å²) in [5.41, 5.74) is 1.45. The highest BCUT2D eigenvalue weighted by atomic mass is 16.7. The molecule has 0 aromatic heterocycles. The number of esters is 3. The van der Waals surface area contributed by atoms with E-state index >= 15 is 0 Å².